The van der Waals surface area contributed by atoms with E-state index in [1.54, 1.807) is 18.2 Å². The Labute approximate surface area is 127 Å². The predicted molar refractivity (Wildman–Crippen MR) is 78.5 cm³/mol. The third kappa shape index (κ3) is 2.53. The highest BCUT2D eigenvalue weighted by Crippen LogP contribution is 2.35. The van der Waals surface area contributed by atoms with Gasteiger partial charge < -0.3 is 5.32 Å². The molecule has 2 aliphatic rings. The van der Waals surface area contributed by atoms with Crippen LogP contribution in [0.1, 0.15) is 36.0 Å². The SMILES string of the molecule is O=C(CN1C(=O)C(=O)c2cccc(Cl)c21)NC1CCCC1. The van der Waals surface area contributed by atoms with E-state index in [0.29, 0.717) is 10.7 Å². The number of halogens is 1. The van der Waals surface area contributed by atoms with E-state index < -0.39 is 11.7 Å². The van der Waals surface area contributed by atoms with Gasteiger partial charge in [-0.1, -0.05) is 30.5 Å². The summed E-state index contributed by atoms with van der Waals surface area (Å²) in [5, 5.41) is 3.21. The van der Waals surface area contributed by atoms with Crippen molar-refractivity contribution < 1.29 is 14.4 Å². The first-order valence-electron chi connectivity index (χ1n) is 7.02. The van der Waals surface area contributed by atoms with Crippen molar-refractivity contribution in [2.24, 2.45) is 0 Å². The number of amides is 2. The van der Waals surface area contributed by atoms with Crippen molar-refractivity contribution in [3.8, 4) is 0 Å². The third-order valence-electron chi connectivity index (χ3n) is 3.96. The van der Waals surface area contributed by atoms with Crippen LogP contribution in [-0.2, 0) is 9.59 Å². The molecule has 5 nitrogen and oxygen atoms in total. The first-order chi connectivity index (χ1) is 10.1. The Balaban J connectivity index is 1.78. The molecule has 0 spiro atoms. The van der Waals surface area contributed by atoms with Gasteiger partial charge in [0.1, 0.15) is 6.54 Å². The van der Waals surface area contributed by atoms with Gasteiger partial charge in [0.25, 0.3) is 11.7 Å². The number of ketones is 1. The molecule has 21 heavy (non-hydrogen) atoms. The molecule has 1 heterocycles. The number of nitrogens with zero attached hydrogens (tertiary/aromatic N) is 1. The Morgan fingerprint density at radius 1 is 1.29 bits per heavy atom. The maximum atomic E-state index is 12.1. The summed E-state index contributed by atoms with van der Waals surface area (Å²) in [6.07, 6.45) is 4.16. The molecule has 1 fully saturated rings. The second-order valence-electron chi connectivity index (χ2n) is 5.41. The van der Waals surface area contributed by atoms with E-state index in [4.69, 9.17) is 11.6 Å². The molecule has 1 aliphatic carbocycles. The smallest absolute Gasteiger partial charge is 0.300 e. The lowest BCUT2D eigenvalue weighted by Gasteiger charge is -2.19. The summed E-state index contributed by atoms with van der Waals surface area (Å²) in [7, 11) is 0. The molecule has 1 aromatic carbocycles. The minimum atomic E-state index is -0.695. The van der Waals surface area contributed by atoms with Crippen LogP contribution in [-0.4, -0.2) is 30.2 Å². The van der Waals surface area contributed by atoms with E-state index in [2.05, 4.69) is 5.32 Å². The van der Waals surface area contributed by atoms with Crippen molar-refractivity contribution in [1.82, 2.24) is 5.32 Å². The molecule has 2 amide bonds. The average molecular weight is 307 g/mol. The third-order valence-corrected chi connectivity index (χ3v) is 4.27. The molecule has 6 heteroatoms. The topological polar surface area (TPSA) is 66.5 Å². The number of carbonyl (C=O) groups is 3. The number of carbonyl (C=O) groups excluding carboxylic acids is 3. The number of nitrogens with one attached hydrogen (secondary N) is 1. The lowest BCUT2D eigenvalue weighted by Crippen LogP contribution is -2.43. The number of rotatable bonds is 3. The van der Waals surface area contributed by atoms with E-state index >= 15 is 0 Å². The van der Waals surface area contributed by atoms with E-state index in [-0.39, 0.29) is 24.1 Å². The summed E-state index contributed by atoms with van der Waals surface area (Å²) in [6.45, 7) is -0.169. The van der Waals surface area contributed by atoms with Gasteiger partial charge in [0.15, 0.2) is 0 Å². The number of Topliss-reactive ketones (excluding diaryl/α,β-unsaturated/α-hetero) is 1. The van der Waals surface area contributed by atoms with Crippen molar-refractivity contribution in [3.05, 3.63) is 28.8 Å². The molecule has 1 saturated carbocycles. The maximum Gasteiger partial charge on any atom is 0.300 e. The van der Waals surface area contributed by atoms with Crippen LogP contribution in [0.4, 0.5) is 5.69 Å². The van der Waals surface area contributed by atoms with Gasteiger partial charge in [-0.25, -0.2) is 0 Å². The molecule has 0 saturated heterocycles. The summed E-state index contributed by atoms with van der Waals surface area (Å²) < 4.78 is 0. The standard InChI is InChI=1S/C15H15ClN2O3/c16-11-7-3-6-10-13(11)18(15(21)14(10)20)8-12(19)17-9-4-1-2-5-9/h3,6-7,9H,1-2,4-5,8H2,(H,17,19). The van der Waals surface area contributed by atoms with Gasteiger partial charge in [0.05, 0.1) is 16.3 Å². The Morgan fingerprint density at radius 2 is 2.00 bits per heavy atom. The van der Waals surface area contributed by atoms with Crippen molar-refractivity contribution in [1.29, 1.82) is 0 Å². The molecule has 0 aromatic heterocycles. The van der Waals surface area contributed by atoms with Gasteiger partial charge in [-0.3, -0.25) is 19.3 Å². The molecule has 1 N–H and O–H groups in total. The Hall–Kier alpha value is -1.88. The lowest BCUT2D eigenvalue weighted by atomic mass is 10.1. The number of fused-ring (bicyclic) bond motifs is 1. The normalized spacial score (nSPS) is 18.2. The maximum absolute atomic E-state index is 12.1. The van der Waals surface area contributed by atoms with Crippen LogP contribution in [0.5, 0.6) is 0 Å². The number of anilines is 1. The van der Waals surface area contributed by atoms with Crippen molar-refractivity contribution in [2.75, 3.05) is 11.4 Å². The molecule has 3 rings (SSSR count). The van der Waals surface area contributed by atoms with Gasteiger partial charge in [-0.05, 0) is 25.0 Å². The molecule has 0 atom stereocenters. The Bertz CT molecular complexity index is 623. The lowest BCUT2D eigenvalue weighted by molar-refractivity contribution is -0.122. The summed E-state index contributed by atoms with van der Waals surface area (Å²) in [6, 6.07) is 4.95. The fraction of sp³-hybridized carbons (Fsp3) is 0.400. The zero-order valence-corrected chi connectivity index (χ0v) is 12.2. The van der Waals surface area contributed by atoms with Crippen LogP contribution < -0.4 is 10.2 Å². The highest BCUT2D eigenvalue weighted by Gasteiger charge is 2.38. The van der Waals surface area contributed by atoms with Crippen LogP contribution in [0.3, 0.4) is 0 Å². The second-order valence-corrected chi connectivity index (χ2v) is 5.81. The number of hydrogen-bond donors (Lipinski definition) is 1. The monoisotopic (exact) mass is 306 g/mol. The minimum absolute atomic E-state index is 0.169. The summed E-state index contributed by atoms with van der Waals surface area (Å²) >= 11 is 6.07. The zero-order chi connectivity index (χ0) is 15.0. The summed E-state index contributed by atoms with van der Waals surface area (Å²) in [5.74, 6) is -1.56. The van der Waals surface area contributed by atoms with Gasteiger partial charge >= 0.3 is 0 Å². The van der Waals surface area contributed by atoms with Crippen molar-refractivity contribution in [3.63, 3.8) is 0 Å². The molecular weight excluding hydrogens is 292 g/mol. The molecule has 0 radical (unpaired) electrons. The fourth-order valence-electron chi connectivity index (χ4n) is 2.95. The van der Waals surface area contributed by atoms with Crippen LogP contribution in [0.15, 0.2) is 18.2 Å². The number of hydrogen-bond acceptors (Lipinski definition) is 3. The van der Waals surface area contributed by atoms with E-state index in [9.17, 15) is 14.4 Å². The van der Waals surface area contributed by atoms with Gasteiger partial charge in [0.2, 0.25) is 5.91 Å². The Morgan fingerprint density at radius 3 is 2.71 bits per heavy atom. The van der Waals surface area contributed by atoms with Crippen molar-refractivity contribution >= 4 is 34.9 Å². The fourth-order valence-corrected chi connectivity index (χ4v) is 3.23. The summed E-state index contributed by atoms with van der Waals surface area (Å²) in [4.78, 5) is 37.2. The first-order valence-corrected chi connectivity index (χ1v) is 7.40. The molecule has 1 aliphatic heterocycles. The molecular formula is C15H15ClN2O3. The molecule has 0 bridgehead atoms. The van der Waals surface area contributed by atoms with Crippen molar-refractivity contribution in [2.45, 2.75) is 31.7 Å². The molecule has 0 unspecified atom stereocenters. The van der Waals surface area contributed by atoms with Gasteiger partial charge in [-0.15, -0.1) is 0 Å². The van der Waals surface area contributed by atoms with Crippen LogP contribution >= 0.6 is 11.6 Å². The molecule has 1 aromatic rings. The second kappa shape index (κ2) is 5.48. The van der Waals surface area contributed by atoms with E-state index in [1.807, 2.05) is 0 Å². The quantitative estimate of drug-likeness (QED) is 0.868. The van der Waals surface area contributed by atoms with Crippen LogP contribution in [0.2, 0.25) is 5.02 Å². The number of para-hydroxylation sites is 1. The van der Waals surface area contributed by atoms with Gasteiger partial charge in [-0.2, -0.15) is 0 Å². The van der Waals surface area contributed by atoms with Crippen LogP contribution in [0.25, 0.3) is 0 Å². The van der Waals surface area contributed by atoms with Crippen LogP contribution in [0, 0.1) is 0 Å². The van der Waals surface area contributed by atoms with E-state index in [0.717, 1.165) is 25.7 Å². The Kier molecular flexibility index (Phi) is 3.68. The molecule has 110 valence electrons. The largest absolute Gasteiger partial charge is 0.352 e. The average Bonchev–Trinajstić information content (AvgIpc) is 3.03. The predicted octanol–water partition coefficient (Wildman–Crippen LogP) is 1.93. The summed E-state index contributed by atoms with van der Waals surface area (Å²) in [5.41, 5.74) is 0.608. The minimum Gasteiger partial charge on any atom is -0.352 e. The van der Waals surface area contributed by atoms with E-state index in [1.165, 1.54) is 4.90 Å². The number of benzene rings is 1. The zero-order valence-electron chi connectivity index (χ0n) is 11.4. The first kappa shape index (κ1) is 14.1. The highest BCUT2D eigenvalue weighted by molar-refractivity contribution is 6.54. The highest BCUT2D eigenvalue weighted by atomic mass is 35.5. The van der Waals surface area contributed by atoms with Gasteiger partial charge in [0, 0.05) is 6.04 Å².